The lowest BCUT2D eigenvalue weighted by Gasteiger charge is -2.31. The molecule has 0 unspecified atom stereocenters. The number of thiol groups is 1. The highest BCUT2D eigenvalue weighted by molar-refractivity contribution is 7.79. The monoisotopic (exact) mass is 1220 g/mol. The predicted molar refractivity (Wildman–Crippen MR) is 363 cm³/mol. The maximum absolute atomic E-state index is 13.6. The standard InChI is InChI=1S/C80H56F6N4S/c1-77(2)68-11-7-5-9-62(68)64-37-23-54(45-70(64)77)49-17-31-58(32-18-49)89(59-33-19-50(20-34-59)55-24-38-65-63-10-6-8-12-69(63)78(3,4)71(65)46-55)74-42-39-61(75(87)76(74)88-91)51-21-35-60(36-22-51)90-72-40-25-52(47-13-27-56(28-14-47)79(81,82)83)43-66(72)67-44-53(26-41-73(67)90)48-15-29-57(30-16-48)80(84,85)86/h5-46,87,91H,1-4H3/b87-75?,88-76-. The highest BCUT2D eigenvalue weighted by Gasteiger charge is 2.38. The molecular weight excluding hydrogens is 1160 g/mol. The van der Waals surface area contributed by atoms with Gasteiger partial charge in [0, 0.05) is 44.2 Å². The summed E-state index contributed by atoms with van der Waals surface area (Å²) in [5, 5.41) is 11.5. The van der Waals surface area contributed by atoms with Crippen molar-refractivity contribution in [2.75, 3.05) is 4.90 Å². The van der Waals surface area contributed by atoms with Gasteiger partial charge in [0.05, 0.1) is 33.6 Å². The average Bonchev–Trinajstić information content (AvgIpc) is 1.66. The second-order valence-corrected chi connectivity index (χ2v) is 24.9. The molecule has 3 aliphatic rings. The number of benzene rings is 11. The van der Waals surface area contributed by atoms with E-state index in [1.54, 1.807) is 0 Å². The van der Waals surface area contributed by atoms with Crippen molar-refractivity contribution < 1.29 is 26.3 Å². The molecule has 4 nitrogen and oxygen atoms in total. The molecule has 15 rings (SSSR count). The van der Waals surface area contributed by atoms with Gasteiger partial charge in [-0.25, -0.2) is 4.40 Å². The van der Waals surface area contributed by atoms with Gasteiger partial charge in [-0.15, -0.1) is 0 Å². The third kappa shape index (κ3) is 9.55. The van der Waals surface area contributed by atoms with Crippen LogP contribution in [0.15, 0.2) is 265 Å². The van der Waals surface area contributed by atoms with E-state index < -0.39 is 23.5 Å². The number of hydrogen-bond acceptors (Lipinski definition) is 4. The zero-order valence-electron chi connectivity index (χ0n) is 49.8. The Morgan fingerprint density at radius 1 is 0.396 bits per heavy atom. The molecule has 0 bridgehead atoms. The molecule has 0 aliphatic heterocycles. The van der Waals surface area contributed by atoms with Gasteiger partial charge in [-0.2, -0.15) is 26.3 Å². The maximum Gasteiger partial charge on any atom is 0.416 e. The summed E-state index contributed by atoms with van der Waals surface area (Å²) in [4.78, 5) is 2.13. The summed E-state index contributed by atoms with van der Waals surface area (Å²) in [6.45, 7) is 9.17. The number of fused-ring (bicyclic) bond motifs is 9. The molecule has 0 amide bonds. The molecule has 0 spiro atoms. The number of nitrogens with zero attached hydrogens (tertiary/aromatic N) is 3. The van der Waals surface area contributed by atoms with Crippen molar-refractivity contribution in [3.8, 4) is 72.4 Å². The fourth-order valence-corrected chi connectivity index (χ4v) is 14.3. The quantitative estimate of drug-likeness (QED) is 0.0844. The second-order valence-electron chi connectivity index (χ2n) is 24.7. The molecular formula is C80H56F6N4S. The lowest BCUT2D eigenvalue weighted by Crippen LogP contribution is -2.30. The van der Waals surface area contributed by atoms with Crippen molar-refractivity contribution in [3.05, 3.63) is 299 Å². The van der Waals surface area contributed by atoms with Crippen LogP contribution < -0.4 is 4.90 Å². The van der Waals surface area contributed by atoms with Gasteiger partial charge in [0.2, 0.25) is 0 Å². The molecule has 11 aromatic carbocycles. The lowest BCUT2D eigenvalue weighted by molar-refractivity contribution is -0.138. The third-order valence-corrected chi connectivity index (χ3v) is 19.1. The Kier molecular flexibility index (Phi) is 13.3. The first-order chi connectivity index (χ1) is 43.7. The first-order valence-corrected chi connectivity index (χ1v) is 30.4. The minimum atomic E-state index is -4.49. The first kappa shape index (κ1) is 57.2. The molecule has 1 N–H and O–H groups in total. The summed E-state index contributed by atoms with van der Waals surface area (Å²) in [5.74, 6) is 0. The van der Waals surface area contributed by atoms with Crippen molar-refractivity contribution in [1.82, 2.24) is 4.57 Å². The Morgan fingerprint density at radius 3 is 1.18 bits per heavy atom. The minimum Gasteiger partial charge on any atom is -0.309 e. The molecule has 12 aromatic rings. The van der Waals surface area contributed by atoms with Crippen LogP contribution in [-0.4, -0.2) is 16.0 Å². The van der Waals surface area contributed by atoms with Crippen molar-refractivity contribution in [3.63, 3.8) is 0 Å². The number of rotatable bonds is 9. The van der Waals surface area contributed by atoms with E-state index >= 15 is 0 Å². The van der Waals surface area contributed by atoms with Crippen molar-refractivity contribution in [2.24, 2.45) is 4.40 Å². The third-order valence-electron chi connectivity index (χ3n) is 18.9. The number of nitrogens with one attached hydrogen (secondary N) is 1. The summed E-state index contributed by atoms with van der Waals surface area (Å²) in [6, 6.07) is 77.4. The molecule has 1 aromatic heterocycles. The lowest BCUT2D eigenvalue weighted by atomic mass is 9.81. The molecule has 444 valence electrons. The number of alkyl halides is 6. The fraction of sp³-hybridized carbons (Fsp3) is 0.100. The van der Waals surface area contributed by atoms with E-state index in [0.717, 1.165) is 91.0 Å². The van der Waals surface area contributed by atoms with Crippen LogP contribution in [0.2, 0.25) is 0 Å². The SMILES string of the molecule is CC1(C)c2ccccc2-c2ccc(-c3ccc(N(C4=CC=C(c5ccc(-n6c7ccc(-c8ccc(C(F)(F)F)cc8)cc7c7cc(-c8ccc(C(F)(F)F)cc8)ccc76)cc5)C(=N)/C4=N\S)c4ccc(-c5ccc6c(c5)C(C)(C)c5ccccc5-6)cc4)cc3)cc21. The van der Waals surface area contributed by atoms with Gasteiger partial charge in [0.25, 0.3) is 0 Å². The Balaban J connectivity index is 0.796. The summed E-state index contributed by atoms with van der Waals surface area (Å²) in [7, 11) is 0. The first-order valence-electron chi connectivity index (χ1n) is 30.0. The molecule has 0 radical (unpaired) electrons. The van der Waals surface area contributed by atoms with Gasteiger partial charge in [0.1, 0.15) is 5.71 Å². The van der Waals surface area contributed by atoms with Crippen LogP contribution in [0.3, 0.4) is 0 Å². The number of aromatic nitrogens is 1. The van der Waals surface area contributed by atoms with Crippen LogP contribution >= 0.6 is 12.8 Å². The van der Waals surface area contributed by atoms with E-state index in [1.807, 2.05) is 72.8 Å². The molecule has 0 saturated carbocycles. The number of anilines is 2. The zero-order valence-corrected chi connectivity index (χ0v) is 50.7. The van der Waals surface area contributed by atoms with E-state index in [2.05, 4.69) is 188 Å². The Labute approximate surface area is 528 Å². The van der Waals surface area contributed by atoms with E-state index in [1.165, 1.54) is 68.8 Å². The summed E-state index contributed by atoms with van der Waals surface area (Å²) in [6.07, 6.45) is -5.04. The Hall–Kier alpha value is -10.2. The molecule has 1 heterocycles. The van der Waals surface area contributed by atoms with Gasteiger partial charge < -0.3 is 9.47 Å². The number of halogens is 6. The van der Waals surface area contributed by atoms with Crippen molar-refractivity contribution in [2.45, 2.75) is 50.9 Å². The Bertz CT molecular complexity index is 4800. The van der Waals surface area contributed by atoms with E-state index in [0.29, 0.717) is 39.2 Å². The largest absolute Gasteiger partial charge is 0.416 e. The van der Waals surface area contributed by atoms with Crippen molar-refractivity contribution in [1.29, 1.82) is 5.41 Å². The van der Waals surface area contributed by atoms with Gasteiger partial charge in [0.15, 0.2) is 0 Å². The van der Waals surface area contributed by atoms with Gasteiger partial charge in [-0.05, 0) is 217 Å². The normalized spacial score (nSPS) is 15.1. The zero-order chi connectivity index (χ0) is 62.9. The fourth-order valence-electron chi connectivity index (χ4n) is 14.1. The number of allylic oxidation sites excluding steroid dienone is 4. The molecule has 0 saturated heterocycles. The van der Waals surface area contributed by atoms with Gasteiger partial charge in [-0.3, -0.25) is 5.41 Å². The van der Waals surface area contributed by atoms with Crippen LogP contribution in [0.25, 0.3) is 99.8 Å². The van der Waals surface area contributed by atoms with Gasteiger partial charge in [-0.1, -0.05) is 173 Å². The van der Waals surface area contributed by atoms with Crippen molar-refractivity contribution >= 4 is 63.0 Å². The molecule has 11 heteroatoms. The Morgan fingerprint density at radius 2 is 0.758 bits per heavy atom. The molecule has 0 fully saturated rings. The van der Waals surface area contributed by atoms with Gasteiger partial charge >= 0.3 is 12.4 Å². The molecule has 91 heavy (non-hydrogen) atoms. The highest BCUT2D eigenvalue weighted by atomic mass is 32.1. The van der Waals surface area contributed by atoms with Crippen LogP contribution in [0, 0.1) is 5.41 Å². The summed E-state index contributed by atoms with van der Waals surface area (Å²) >= 11 is 4.59. The number of hydrogen-bond donors (Lipinski definition) is 2. The van der Waals surface area contributed by atoms with Crippen LogP contribution in [0.1, 0.15) is 66.6 Å². The van der Waals surface area contributed by atoms with Crippen LogP contribution in [-0.2, 0) is 23.2 Å². The average molecular weight is 1220 g/mol. The summed E-state index contributed by atoms with van der Waals surface area (Å²) in [5.41, 5.74) is 22.1. The van der Waals surface area contributed by atoms with E-state index in [9.17, 15) is 31.8 Å². The van der Waals surface area contributed by atoms with Crippen LogP contribution in [0.5, 0.6) is 0 Å². The minimum absolute atomic E-state index is 0.153. The smallest absolute Gasteiger partial charge is 0.309 e. The van der Waals surface area contributed by atoms with E-state index in [-0.39, 0.29) is 16.5 Å². The topological polar surface area (TPSA) is 44.4 Å². The van der Waals surface area contributed by atoms with E-state index in [4.69, 9.17) is 0 Å². The molecule has 0 atom stereocenters. The second kappa shape index (κ2) is 21.2. The molecule has 3 aliphatic carbocycles. The maximum atomic E-state index is 13.6. The highest BCUT2D eigenvalue weighted by Crippen LogP contribution is 2.52. The van der Waals surface area contributed by atoms with Crippen LogP contribution in [0.4, 0.5) is 37.7 Å². The summed E-state index contributed by atoms with van der Waals surface area (Å²) < 4.78 is 88.4. The predicted octanol–water partition coefficient (Wildman–Crippen LogP) is 22.5.